The summed E-state index contributed by atoms with van der Waals surface area (Å²) >= 11 is 0. The summed E-state index contributed by atoms with van der Waals surface area (Å²) in [6.07, 6.45) is 1.19. The predicted octanol–water partition coefficient (Wildman–Crippen LogP) is 3.89. The van der Waals surface area contributed by atoms with Gasteiger partial charge in [-0.1, -0.05) is 0 Å². The lowest BCUT2D eigenvalue weighted by Crippen LogP contribution is -2.17. The van der Waals surface area contributed by atoms with Gasteiger partial charge in [0.25, 0.3) is 5.88 Å². The van der Waals surface area contributed by atoms with Gasteiger partial charge >= 0.3 is 6.18 Å². The standard InChI is InChI=1S/C22H22F3N5O4/c1-13-6-16(14-7-18(34-5-4-32-2)20(33-3)26-8-14)28-17-11-30(21(31)19(13)17)15-9-27-29(10-15)12-22(23,24)25/h6-11,31H,4-5,12H2,1-3H3. The number of aryl methyl sites for hydroxylation is 1. The molecule has 4 aromatic heterocycles. The third-order valence-electron chi connectivity index (χ3n) is 5.04. The van der Waals surface area contributed by atoms with Crippen LogP contribution in [0.3, 0.4) is 0 Å². The number of fused-ring (bicyclic) bond motifs is 1. The molecule has 0 aliphatic heterocycles. The highest BCUT2D eigenvalue weighted by Gasteiger charge is 2.28. The maximum absolute atomic E-state index is 12.7. The molecule has 34 heavy (non-hydrogen) atoms. The average molecular weight is 477 g/mol. The minimum Gasteiger partial charge on any atom is -0.494 e. The summed E-state index contributed by atoms with van der Waals surface area (Å²) in [5, 5.41) is 15.0. The van der Waals surface area contributed by atoms with Crippen molar-refractivity contribution in [2.75, 3.05) is 27.4 Å². The first-order valence-electron chi connectivity index (χ1n) is 10.2. The summed E-state index contributed by atoms with van der Waals surface area (Å²) in [7, 11) is 3.06. The van der Waals surface area contributed by atoms with Crippen LogP contribution in [-0.2, 0) is 11.3 Å². The fraction of sp³-hybridized carbons (Fsp3) is 0.318. The molecule has 4 rings (SSSR count). The average Bonchev–Trinajstić information content (AvgIpc) is 3.36. The van der Waals surface area contributed by atoms with E-state index in [4.69, 9.17) is 14.2 Å². The first kappa shape index (κ1) is 23.4. The van der Waals surface area contributed by atoms with E-state index in [1.807, 2.05) is 0 Å². The summed E-state index contributed by atoms with van der Waals surface area (Å²) < 4.78 is 56.1. The Morgan fingerprint density at radius 1 is 1.09 bits per heavy atom. The fourth-order valence-corrected chi connectivity index (χ4v) is 3.54. The van der Waals surface area contributed by atoms with Gasteiger partial charge in [-0.05, 0) is 24.6 Å². The highest BCUT2D eigenvalue weighted by Crippen LogP contribution is 2.35. The van der Waals surface area contributed by atoms with Crippen LogP contribution in [0, 0.1) is 6.92 Å². The van der Waals surface area contributed by atoms with E-state index in [0.717, 1.165) is 10.2 Å². The maximum atomic E-state index is 12.7. The molecule has 0 aliphatic carbocycles. The van der Waals surface area contributed by atoms with E-state index in [-0.39, 0.29) is 11.6 Å². The van der Waals surface area contributed by atoms with Crippen LogP contribution in [0.1, 0.15) is 5.56 Å². The molecule has 4 heterocycles. The van der Waals surface area contributed by atoms with E-state index in [1.165, 1.54) is 24.1 Å². The summed E-state index contributed by atoms with van der Waals surface area (Å²) in [5.41, 5.74) is 2.68. The van der Waals surface area contributed by atoms with Crippen LogP contribution in [0.5, 0.6) is 17.5 Å². The number of aromatic hydroxyl groups is 1. The van der Waals surface area contributed by atoms with Gasteiger partial charge in [-0.3, -0.25) is 9.25 Å². The number of rotatable bonds is 8. The smallest absolute Gasteiger partial charge is 0.408 e. The zero-order valence-electron chi connectivity index (χ0n) is 18.6. The normalized spacial score (nSPS) is 11.8. The first-order chi connectivity index (χ1) is 16.2. The van der Waals surface area contributed by atoms with Crippen LogP contribution in [0.25, 0.3) is 27.8 Å². The summed E-state index contributed by atoms with van der Waals surface area (Å²) in [4.78, 5) is 8.90. The van der Waals surface area contributed by atoms with Gasteiger partial charge in [0.05, 0.1) is 42.2 Å². The number of ether oxygens (including phenoxy) is 3. The number of methoxy groups -OCH3 is 2. The van der Waals surface area contributed by atoms with Gasteiger partial charge in [-0.2, -0.15) is 18.3 Å². The van der Waals surface area contributed by atoms with Crippen molar-refractivity contribution in [1.82, 2.24) is 24.3 Å². The number of alkyl halides is 3. The largest absolute Gasteiger partial charge is 0.494 e. The molecule has 9 nitrogen and oxygen atoms in total. The van der Waals surface area contributed by atoms with Crippen LogP contribution < -0.4 is 9.47 Å². The Morgan fingerprint density at radius 2 is 1.88 bits per heavy atom. The Balaban J connectivity index is 1.72. The lowest BCUT2D eigenvalue weighted by molar-refractivity contribution is -0.142. The van der Waals surface area contributed by atoms with Crippen LogP contribution >= 0.6 is 0 Å². The molecule has 0 unspecified atom stereocenters. The topological polar surface area (TPSA) is 96.5 Å². The van der Waals surface area contributed by atoms with Crippen molar-refractivity contribution < 1.29 is 32.5 Å². The number of nitrogens with zero attached hydrogens (tertiary/aromatic N) is 5. The van der Waals surface area contributed by atoms with Crippen molar-refractivity contribution in [3.8, 4) is 34.5 Å². The van der Waals surface area contributed by atoms with Crippen molar-refractivity contribution in [2.24, 2.45) is 0 Å². The van der Waals surface area contributed by atoms with E-state index >= 15 is 0 Å². The van der Waals surface area contributed by atoms with Gasteiger partial charge < -0.3 is 19.3 Å². The Hall–Kier alpha value is -3.80. The number of aromatic nitrogens is 5. The van der Waals surface area contributed by atoms with E-state index in [1.54, 1.807) is 38.6 Å². The molecule has 0 aliphatic rings. The molecule has 180 valence electrons. The van der Waals surface area contributed by atoms with Gasteiger partial charge in [0.1, 0.15) is 13.2 Å². The van der Waals surface area contributed by atoms with Gasteiger partial charge in [0.2, 0.25) is 5.88 Å². The van der Waals surface area contributed by atoms with Gasteiger partial charge in [0.15, 0.2) is 5.75 Å². The van der Waals surface area contributed by atoms with Crippen molar-refractivity contribution in [3.05, 3.63) is 42.5 Å². The molecule has 0 amide bonds. The molecule has 12 heteroatoms. The Labute approximate surface area is 192 Å². The second kappa shape index (κ2) is 9.21. The second-order valence-corrected chi connectivity index (χ2v) is 7.49. The lowest BCUT2D eigenvalue weighted by atomic mass is 10.1. The highest BCUT2D eigenvalue weighted by molar-refractivity contribution is 5.90. The molecule has 0 saturated heterocycles. The third-order valence-corrected chi connectivity index (χ3v) is 5.04. The molecule has 0 fully saturated rings. The monoisotopic (exact) mass is 477 g/mol. The van der Waals surface area contributed by atoms with E-state index in [2.05, 4.69) is 15.1 Å². The number of pyridine rings is 2. The number of hydrogen-bond acceptors (Lipinski definition) is 7. The van der Waals surface area contributed by atoms with Gasteiger partial charge in [-0.25, -0.2) is 9.97 Å². The summed E-state index contributed by atoms with van der Waals surface area (Å²) in [6, 6.07) is 3.52. The minimum atomic E-state index is -4.40. The van der Waals surface area contributed by atoms with E-state index in [9.17, 15) is 18.3 Å². The molecule has 0 saturated carbocycles. The predicted molar refractivity (Wildman–Crippen MR) is 116 cm³/mol. The quantitative estimate of drug-likeness (QED) is 0.385. The fourth-order valence-electron chi connectivity index (χ4n) is 3.54. The van der Waals surface area contributed by atoms with Crippen LogP contribution in [0.15, 0.2) is 36.9 Å². The molecular weight excluding hydrogens is 455 g/mol. The lowest BCUT2D eigenvalue weighted by Gasteiger charge is -2.11. The molecule has 0 aromatic carbocycles. The van der Waals surface area contributed by atoms with Crippen molar-refractivity contribution in [3.63, 3.8) is 0 Å². The molecule has 0 atom stereocenters. The Morgan fingerprint density at radius 3 is 2.59 bits per heavy atom. The number of halogens is 3. The minimum absolute atomic E-state index is 0.144. The van der Waals surface area contributed by atoms with Gasteiger partial charge in [0, 0.05) is 31.3 Å². The second-order valence-electron chi connectivity index (χ2n) is 7.49. The molecule has 1 N–H and O–H groups in total. The third kappa shape index (κ3) is 4.76. The maximum Gasteiger partial charge on any atom is 0.408 e. The molecule has 0 bridgehead atoms. The van der Waals surface area contributed by atoms with Crippen molar-refractivity contribution in [1.29, 1.82) is 0 Å². The SMILES string of the molecule is COCCOc1cc(-c2cc(C)c3c(O)n(-c4cnn(CC(F)(F)F)c4)cc3n2)cnc1OC. The zero-order valence-corrected chi connectivity index (χ0v) is 18.6. The zero-order chi connectivity index (χ0) is 24.5. The van der Waals surface area contributed by atoms with E-state index in [0.29, 0.717) is 47.0 Å². The van der Waals surface area contributed by atoms with Crippen LogP contribution in [-0.4, -0.2) is 63.0 Å². The summed E-state index contributed by atoms with van der Waals surface area (Å²) in [6.45, 7) is 1.28. The Bertz CT molecular complexity index is 1320. The van der Waals surface area contributed by atoms with Crippen LogP contribution in [0.2, 0.25) is 0 Å². The van der Waals surface area contributed by atoms with Crippen molar-refractivity contribution >= 4 is 10.9 Å². The highest BCUT2D eigenvalue weighted by atomic mass is 19.4. The van der Waals surface area contributed by atoms with Gasteiger partial charge in [-0.15, -0.1) is 0 Å². The van der Waals surface area contributed by atoms with Crippen molar-refractivity contribution in [2.45, 2.75) is 19.6 Å². The first-order valence-corrected chi connectivity index (χ1v) is 10.2. The molecular formula is C22H22F3N5O4. The molecule has 0 radical (unpaired) electrons. The number of hydrogen-bond donors (Lipinski definition) is 1. The molecule has 0 spiro atoms. The van der Waals surface area contributed by atoms with E-state index < -0.39 is 12.7 Å². The Kier molecular flexibility index (Phi) is 6.33. The summed E-state index contributed by atoms with van der Waals surface area (Å²) in [5.74, 6) is 0.598. The molecule has 4 aromatic rings. The van der Waals surface area contributed by atoms with Crippen LogP contribution in [0.4, 0.5) is 13.2 Å².